The highest BCUT2D eigenvalue weighted by Gasteiger charge is 2.40. The summed E-state index contributed by atoms with van der Waals surface area (Å²) in [5.41, 5.74) is 7.84. The van der Waals surface area contributed by atoms with Gasteiger partial charge in [0.15, 0.2) is 0 Å². The van der Waals surface area contributed by atoms with Gasteiger partial charge in [-0.05, 0) is 43.4 Å². The lowest BCUT2D eigenvalue weighted by atomic mass is 9.83. The smallest absolute Gasteiger partial charge is 0.0817 e. The van der Waals surface area contributed by atoms with Crippen molar-refractivity contribution in [3.63, 3.8) is 0 Å². The van der Waals surface area contributed by atoms with Gasteiger partial charge in [0.1, 0.15) is 0 Å². The zero-order valence-corrected chi connectivity index (χ0v) is 12.1. The van der Waals surface area contributed by atoms with Crippen molar-refractivity contribution in [2.75, 3.05) is 12.3 Å². The zero-order valence-electron chi connectivity index (χ0n) is 12.1. The van der Waals surface area contributed by atoms with E-state index in [-0.39, 0.29) is 5.60 Å². The number of ether oxygens (including phenoxy) is 2. The molecule has 3 rings (SSSR count). The molecule has 1 unspecified atom stereocenters. The van der Waals surface area contributed by atoms with E-state index in [0.717, 1.165) is 12.1 Å². The van der Waals surface area contributed by atoms with Crippen LogP contribution in [0.5, 0.6) is 0 Å². The second-order valence-electron chi connectivity index (χ2n) is 6.28. The van der Waals surface area contributed by atoms with Crippen LogP contribution in [0.4, 0.5) is 5.69 Å². The highest BCUT2D eigenvalue weighted by Crippen LogP contribution is 2.41. The maximum absolute atomic E-state index is 6.30. The van der Waals surface area contributed by atoms with Crippen LogP contribution in [0.15, 0.2) is 24.3 Å². The van der Waals surface area contributed by atoms with Crippen molar-refractivity contribution in [2.24, 2.45) is 0 Å². The van der Waals surface area contributed by atoms with Crippen LogP contribution in [-0.4, -0.2) is 18.3 Å². The van der Waals surface area contributed by atoms with Crippen LogP contribution < -0.4 is 5.73 Å². The molecule has 1 aromatic rings. The third kappa shape index (κ3) is 3.33. The quantitative estimate of drug-likeness (QED) is 0.853. The molecule has 1 aromatic carbocycles. The molecule has 1 atom stereocenters. The SMILES string of the molecule is Nc1ccc(COCC2CCC3(CCCCC3)O2)cc1. The Bertz CT molecular complexity index is 423. The summed E-state index contributed by atoms with van der Waals surface area (Å²) in [4.78, 5) is 0. The molecule has 0 radical (unpaired) electrons. The lowest BCUT2D eigenvalue weighted by Crippen LogP contribution is -2.32. The van der Waals surface area contributed by atoms with Gasteiger partial charge in [-0.2, -0.15) is 0 Å². The largest absolute Gasteiger partial charge is 0.399 e. The van der Waals surface area contributed by atoms with Crippen molar-refractivity contribution in [3.05, 3.63) is 29.8 Å². The number of anilines is 1. The number of rotatable bonds is 4. The topological polar surface area (TPSA) is 44.5 Å². The Morgan fingerprint density at radius 3 is 2.60 bits per heavy atom. The summed E-state index contributed by atoms with van der Waals surface area (Å²) in [5, 5.41) is 0. The molecule has 0 amide bonds. The molecule has 3 nitrogen and oxygen atoms in total. The molecule has 2 aliphatic rings. The maximum atomic E-state index is 6.30. The average molecular weight is 275 g/mol. The van der Waals surface area contributed by atoms with Gasteiger partial charge in [-0.3, -0.25) is 0 Å². The predicted octanol–water partition coefficient (Wildman–Crippen LogP) is 3.67. The first-order valence-electron chi connectivity index (χ1n) is 7.86. The van der Waals surface area contributed by atoms with Crippen LogP contribution in [0, 0.1) is 0 Å². The summed E-state index contributed by atoms with van der Waals surface area (Å²) < 4.78 is 12.1. The van der Waals surface area contributed by atoms with Gasteiger partial charge in [0.2, 0.25) is 0 Å². The molecule has 3 heteroatoms. The Hall–Kier alpha value is -1.06. The van der Waals surface area contributed by atoms with Crippen LogP contribution in [0.2, 0.25) is 0 Å². The summed E-state index contributed by atoms with van der Waals surface area (Å²) in [7, 11) is 0. The van der Waals surface area contributed by atoms with Gasteiger partial charge in [0, 0.05) is 5.69 Å². The molecule has 0 bridgehead atoms. The standard InChI is InChI=1S/C17H25NO2/c18-15-6-4-14(5-7-15)12-19-13-16-8-11-17(20-16)9-2-1-3-10-17/h4-7,16H,1-3,8-13,18H2. The molecule has 0 aromatic heterocycles. The summed E-state index contributed by atoms with van der Waals surface area (Å²) in [6.07, 6.45) is 9.22. The highest BCUT2D eigenvalue weighted by molar-refractivity contribution is 5.39. The molecule has 1 saturated carbocycles. The van der Waals surface area contributed by atoms with Crippen LogP contribution in [0.25, 0.3) is 0 Å². The van der Waals surface area contributed by atoms with Crippen LogP contribution in [-0.2, 0) is 16.1 Å². The van der Waals surface area contributed by atoms with Gasteiger partial charge >= 0.3 is 0 Å². The van der Waals surface area contributed by atoms with Gasteiger partial charge in [0.25, 0.3) is 0 Å². The van der Waals surface area contributed by atoms with Crippen LogP contribution in [0.1, 0.15) is 50.5 Å². The van der Waals surface area contributed by atoms with E-state index in [9.17, 15) is 0 Å². The van der Waals surface area contributed by atoms with E-state index >= 15 is 0 Å². The summed E-state index contributed by atoms with van der Waals surface area (Å²) in [6, 6.07) is 7.88. The Balaban J connectivity index is 1.42. The van der Waals surface area contributed by atoms with E-state index in [1.54, 1.807) is 0 Å². The van der Waals surface area contributed by atoms with E-state index in [1.807, 2.05) is 24.3 Å². The fourth-order valence-electron chi connectivity index (χ4n) is 3.50. The van der Waals surface area contributed by atoms with E-state index in [1.165, 1.54) is 44.1 Å². The first-order valence-corrected chi connectivity index (χ1v) is 7.86. The third-order valence-corrected chi connectivity index (χ3v) is 4.66. The van der Waals surface area contributed by atoms with Crippen molar-refractivity contribution in [1.82, 2.24) is 0 Å². The maximum Gasteiger partial charge on any atom is 0.0817 e. The monoisotopic (exact) mass is 275 g/mol. The summed E-state index contributed by atoms with van der Waals surface area (Å²) in [6.45, 7) is 1.36. The number of hydrogen-bond donors (Lipinski definition) is 1. The average Bonchev–Trinajstić information content (AvgIpc) is 2.85. The van der Waals surface area contributed by atoms with Gasteiger partial charge in [0.05, 0.1) is 24.9 Å². The molecule has 1 spiro atoms. The van der Waals surface area contributed by atoms with Crippen molar-refractivity contribution in [3.8, 4) is 0 Å². The second kappa shape index (κ2) is 6.15. The van der Waals surface area contributed by atoms with Crippen molar-refractivity contribution in [1.29, 1.82) is 0 Å². The molecular formula is C17H25NO2. The zero-order chi connectivity index (χ0) is 13.8. The molecule has 1 saturated heterocycles. The number of nitrogens with two attached hydrogens (primary N) is 1. The van der Waals surface area contributed by atoms with Gasteiger partial charge < -0.3 is 15.2 Å². The minimum Gasteiger partial charge on any atom is -0.399 e. The fraction of sp³-hybridized carbons (Fsp3) is 0.647. The minimum atomic E-state index is 0.202. The second-order valence-corrected chi connectivity index (χ2v) is 6.28. The third-order valence-electron chi connectivity index (χ3n) is 4.66. The molecule has 2 N–H and O–H groups in total. The van der Waals surface area contributed by atoms with E-state index in [2.05, 4.69) is 0 Å². The Kier molecular flexibility index (Phi) is 4.27. The summed E-state index contributed by atoms with van der Waals surface area (Å²) in [5.74, 6) is 0. The minimum absolute atomic E-state index is 0.202. The number of benzene rings is 1. The molecular weight excluding hydrogens is 250 g/mol. The van der Waals surface area contributed by atoms with Crippen molar-refractivity contribution >= 4 is 5.69 Å². The van der Waals surface area contributed by atoms with Crippen LogP contribution in [0.3, 0.4) is 0 Å². The first kappa shape index (κ1) is 13.9. The molecule has 20 heavy (non-hydrogen) atoms. The van der Waals surface area contributed by atoms with E-state index in [0.29, 0.717) is 19.3 Å². The molecule has 1 aliphatic heterocycles. The lowest BCUT2D eigenvalue weighted by molar-refractivity contribution is -0.0898. The number of nitrogen functional groups attached to an aromatic ring is 1. The lowest BCUT2D eigenvalue weighted by Gasteiger charge is -2.33. The van der Waals surface area contributed by atoms with Gasteiger partial charge in [-0.15, -0.1) is 0 Å². The van der Waals surface area contributed by atoms with Gasteiger partial charge in [-0.25, -0.2) is 0 Å². The Morgan fingerprint density at radius 1 is 1.10 bits per heavy atom. The predicted molar refractivity (Wildman–Crippen MR) is 80.4 cm³/mol. The molecule has 110 valence electrons. The van der Waals surface area contributed by atoms with E-state index in [4.69, 9.17) is 15.2 Å². The first-order chi connectivity index (χ1) is 9.76. The summed E-state index contributed by atoms with van der Waals surface area (Å²) >= 11 is 0. The van der Waals surface area contributed by atoms with Crippen molar-refractivity contribution < 1.29 is 9.47 Å². The van der Waals surface area contributed by atoms with Crippen molar-refractivity contribution in [2.45, 2.75) is 63.3 Å². The Labute approximate surface area is 121 Å². The highest BCUT2D eigenvalue weighted by atomic mass is 16.6. The van der Waals surface area contributed by atoms with Gasteiger partial charge in [-0.1, -0.05) is 31.4 Å². The molecule has 1 heterocycles. The van der Waals surface area contributed by atoms with Crippen LogP contribution >= 0.6 is 0 Å². The Morgan fingerprint density at radius 2 is 1.85 bits per heavy atom. The molecule has 2 fully saturated rings. The molecule has 1 aliphatic carbocycles. The fourth-order valence-corrected chi connectivity index (χ4v) is 3.50. The normalized spacial score (nSPS) is 25.1. The van der Waals surface area contributed by atoms with E-state index < -0.39 is 0 Å². The number of hydrogen-bond acceptors (Lipinski definition) is 3.